The molecule has 0 atom stereocenters. The van der Waals surface area contributed by atoms with Crippen molar-refractivity contribution >= 4 is 23.4 Å². The van der Waals surface area contributed by atoms with Crippen LogP contribution >= 0.6 is 23.4 Å². The van der Waals surface area contributed by atoms with Gasteiger partial charge in [0.25, 0.3) is 0 Å². The van der Waals surface area contributed by atoms with Crippen molar-refractivity contribution in [1.29, 1.82) is 0 Å². The van der Waals surface area contributed by atoms with E-state index in [9.17, 15) is 0 Å². The first-order chi connectivity index (χ1) is 2.27. The Morgan fingerprint density at radius 2 is 2.00 bits per heavy atom. The van der Waals surface area contributed by atoms with Crippen LogP contribution in [0.4, 0.5) is 0 Å². The van der Waals surface area contributed by atoms with Gasteiger partial charge < -0.3 is 0 Å². The second-order valence-corrected chi connectivity index (χ2v) is 1.14. The molecule has 0 unspecified atom stereocenters. The Morgan fingerprint density at radius 1 is 1.80 bits per heavy atom. The fourth-order valence-corrected chi connectivity index (χ4v) is 0. The second kappa shape index (κ2) is 2.36. The summed E-state index contributed by atoms with van der Waals surface area (Å²) in [6.45, 7) is 3.20. The lowest BCUT2D eigenvalue weighted by atomic mass is 11.1. The van der Waals surface area contributed by atoms with Crippen molar-refractivity contribution in [1.82, 2.24) is 4.84 Å². The number of rotatable bonds is 1. The maximum atomic E-state index is 5.02. The van der Waals surface area contributed by atoms with E-state index in [2.05, 4.69) is 11.4 Å². The molecule has 0 spiro atoms. The van der Waals surface area contributed by atoms with Gasteiger partial charge in [0.05, 0.1) is 0 Å². The molecule has 0 heterocycles. The van der Waals surface area contributed by atoms with Gasteiger partial charge in [0.15, 0.2) is 0 Å². The topological polar surface area (TPSA) is 12.0 Å². The molecule has 0 rings (SSSR count). The first-order valence-corrected chi connectivity index (χ1v) is 1.74. The van der Waals surface area contributed by atoms with Gasteiger partial charge in [-0.15, -0.1) is 0 Å². The molecular formula is C2H3Cl2N. The molecule has 1 nitrogen and oxygen atoms in total. The van der Waals surface area contributed by atoms with Gasteiger partial charge in [-0.25, -0.2) is 0 Å². The zero-order valence-corrected chi connectivity index (χ0v) is 3.97. The predicted octanol–water partition coefficient (Wildman–Crippen LogP) is 1.44. The Labute approximate surface area is 40.7 Å². The number of hydrogen-bond acceptors (Lipinski definition) is 1. The van der Waals surface area contributed by atoms with Gasteiger partial charge in [0.1, 0.15) is 5.16 Å². The summed E-state index contributed by atoms with van der Waals surface area (Å²) in [4.78, 5) is 2.07. The molecule has 5 heavy (non-hydrogen) atoms. The second-order valence-electron chi connectivity index (χ2n) is 0.499. The quantitative estimate of drug-likeness (QED) is 0.399. The molecule has 0 aliphatic carbocycles. The van der Waals surface area contributed by atoms with Gasteiger partial charge in [0, 0.05) is 11.8 Å². The molecular weight excluding hydrogens is 109 g/mol. The lowest BCUT2D eigenvalue weighted by Crippen LogP contribution is -1.84. The van der Waals surface area contributed by atoms with Crippen molar-refractivity contribution in [3.63, 3.8) is 0 Å². The van der Waals surface area contributed by atoms with E-state index in [0.717, 1.165) is 0 Å². The Balaban J connectivity index is 2.85. The third kappa shape index (κ3) is 4.12. The third-order valence-electron chi connectivity index (χ3n) is 0.103. The van der Waals surface area contributed by atoms with Crippen molar-refractivity contribution < 1.29 is 0 Å². The number of halogens is 2. The highest BCUT2D eigenvalue weighted by Crippen LogP contribution is 1.87. The van der Waals surface area contributed by atoms with Crippen molar-refractivity contribution in [2.24, 2.45) is 0 Å². The summed E-state index contributed by atoms with van der Waals surface area (Å²) in [7, 11) is 0. The standard InChI is InChI=1S/C2H3Cl2N/c1-2(3)5-4/h5H,1H2. The summed E-state index contributed by atoms with van der Waals surface area (Å²) < 4.78 is 0. The van der Waals surface area contributed by atoms with Crippen molar-refractivity contribution in [3.05, 3.63) is 11.7 Å². The lowest BCUT2D eigenvalue weighted by Gasteiger charge is -1.80. The largest absolute Gasteiger partial charge is 0.289 e. The van der Waals surface area contributed by atoms with E-state index in [4.69, 9.17) is 23.4 Å². The minimum Gasteiger partial charge on any atom is -0.289 e. The van der Waals surface area contributed by atoms with Crippen molar-refractivity contribution in [2.75, 3.05) is 0 Å². The fourth-order valence-electron chi connectivity index (χ4n) is 0. The maximum Gasteiger partial charge on any atom is 0.109 e. The maximum absolute atomic E-state index is 5.02. The van der Waals surface area contributed by atoms with Gasteiger partial charge in [-0.05, 0) is 0 Å². The van der Waals surface area contributed by atoms with Gasteiger partial charge in [-0.3, -0.25) is 4.84 Å². The van der Waals surface area contributed by atoms with Crippen LogP contribution in [0.1, 0.15) is 0 Å². The van der Waals surface area contributed by atoms with E-state index in [1.165, 1.54) is 0 Å². The van der Waals surface area contributed by atoms with Gasteiger partial charge in [-0.2, -0.15) is 0 Å². The van der Waals surface area contributed by atoms with Crippen LogP contribution in [0.2, 0.25) is 0 Å². The van der Waals surface area contributed by atoms with E-state index in [1.807, 2.05) is 0 Å². The molecule has 0 radical (unpaired) electrons. The van der Waals surface area contributed by atoms with E-state index in [0.29, 0.717) is 0 Å². The average Bonchev–Trinajstić information content (AvgIpc) is 1.38. The molecule has 1 N–H and O–H groups in total. The molecule has 30 valence electrons. The first kappa shape index (κ1) is 5.12. The van der Waals surface area contributed by atoms with Crippen molar-refractivity contribution in [3.8, 4) is 0 Å². The number of nitrogens with one attached hydrogen (secondary N) is 1. The Bertz CT molecular complexity index is 42.9. The summed E-state index contributed by atoms with van der Waals surface area (Å²) in [6, 6.07) is 0. The van der Waals surface area contributed by atoms with Crippen LogP contribution in [0.5, 0.6) is 0 Å². The smallest absolute Gasteiger partial charge is 0.109 e. The van der Waals surface area contributed by atoms with E-state index in [1.54, 1.807) is 0 Å². The summed E-state index contributed by atoms with van der Waals surface area (Å²) in [5.74, 6) is 0. The van der Waals surface area contributed by atoms with Crippen LogP contribution in [0, 0.1) is 0 Å². The van der Waals surface area contributed by atoms with Crippen LogP contribution in [0.3, 0.4) is 0 Å². The minimum atomic E-state index is 0.242. The monoisotopic (exact) mass is 111 g/mol. The van der Waals surface area contributed by atoms with Crippen LogP contribution in [-0.4, -0.2) is 0 Å². The Hall–Kier alpha value is 0.120. The molecule has 3 heteroatoms. The first-order valence-electron chi connectivity index (χ1n) is 0.982. The van der Waals surface area contributed by atoms with E-state index in [-0.39, 0.29) is 5.16 Å². The molecule has 0 fully saturated rings. The highest BCUT2D eigenvalue weighted by molar-refractivity contribution is 6.32. The molecule has 0 aromatic rings. The summed E-state index contributed by atoms with van der Waals surface area (Å²) in [5, 5.41) is 0.242. The third-order valence-corrected chi connectivity index (χ3v) is 0.522. The highest BCUT2D eigenvalue weighted by Gasteiger charge is 1.69. The van der Waals surface area contributed by atoms with Gasteiger partial charge in [0.2, 0.25) is 0 Å². The molecule has 0 aromatic heterocycles. The summed E-state index contributed by atoms with van der Waals surface area (Å²) in [5.41, 5.74) is 0. The summed E-state index contributed by atoms with van der Waals surface area (Å²) in [6.07, 6.45) is 0. The molecule has 0 saturated heterocycles. The fraction of sp³-hybridized carbons (Fsp3) is 0. The normalized spacial score (nSPS) is 6.80. The van der Waals surface area contributed by atoms with Gasteiger partial charge in [-0.1, -0.05) is 18.2 Å². The molecule has 0 aromatic carbocycles. The zero-order valence-electron chi connectivity index (χ0n) is 2.46. The van der Waals surface area contributed by atoms with Crippen LogP contribution in [-0.2, 0) is 0 Å². The highest BCUT2D eigenvalue weighted by atomic mass is 35.5. The minimum absolute atomic E-state index is 0.242. The van der Waals surface area contributed by atoms with Crippen LogP contribution in [0.25, 0.3) is 0 Å². The Kier molecular flexibility index (Phi) is 2.42. The SMILES string of the molecule is C=C(Cl)NCl. The molecule has 0 bridgehead atoms. The van der Waals surface area contributed by atoms with E-state index < -0.39 is 0 Å². The Morgan fingerprint density at radius 3 is 2.00 bits per heavy atom. The molecule has 0 amide bonds. The molecule has 0 aliphatic rings. The van der Waals surface area contributed by atoms with E-state index >= 15 is 0 Å². The molecule has 0 saturated carbocycles. The van der Waals surface area contributed by atoms with Crippen molar-refractivity contribution in [2.45, 2.75) is 0 Å². The number of hydrogen-bond donors (Lipinski definition) is 1. The van der Waals surface area contributed by atoms with Gasteiger partial charge >= 0.3 is 0 Å². The average molecular weight is 112 g/mol. The predicted molar refractivity (Wildman–Crippen MR) is 24.0 cm³/mol. The van der Waals surface area contributed by atoms with Crippen LogP contribution in [0.15, 0.2) is 11.7 Å². The molecule has 0 aliphatic heterocycles. The zero-order chi connectivity index (χ0) is 4.28. The summed E-state index contributed by atoms with van der Waals surface area (Å²) >= 11 is 9.88. The van der Waals surface area contributed by atoms with Crippen LogP contribution < -0.4 is 4.84 Å². The lowest BCUT2D eigenvalue weighted by molar-refractivity contribution is 1.36.